The van der Waals surface area contributed by atoms with Gasteiger partial charge in [0.15, 0.2) is 0 Å². The molecule has 0 unspecified atom stereocenters. The van der Waals surface area contributed by atoms with E-state index in [0.717, 1.165) is 17.1 Å². The molecule has 138 valence electrons. The smallest absolute Gasteiger partial charge is 0.255 e. The minimum Gasteiger partial charge on any atom is -0.326 e. The molecule has 0 saturated carbocycles. The highest BCUT2D eigenvalue weighted by Crippen LogP contribution is 2.23. The fourth-order valence-electron chi connectivity index (χ4n) is 2.78. The van der Waals surface area contributed by atoms with Gasteiger partial charge in [-0.1, -0.05) is 25.1 Å². The summed E-state index contributed by atoms with van der Waals surface area (Å²) in [6, 6.07) is 16.6. The van der Waals surface area contributed by atoms with Gasteiger partial charge in [0.1, 0.15) is 0 Å². The fraction of sp³-hybridized carbons (Fsp3) is 0.190. The summed E-state index contributed by atoms with van der Waals surface area (Å²) in [5, 5.41) is 10.2. The Hall–Kier alpha value is -3.41. The first kappa shape index (κ1) is 18.4. The number of nitrogens with one attached hydrogen (secondary N) is 2. The molecule has 0 spiro atoms. The van der Waals surface area contributed by atoms with Crippen LogP contribution in [0.5, 0.6) is 0 Å². The highest BCUT2D eigenvalue weighted by Gasteiger charge is 2.16. The Kier molecular flexibility index (Phi) is 5.35. The van der Waals surface area contributed by atoms with E-state index in [1.807, 2.05) is 48.9 Å². The van der Waals surface area contributed by atoms with E-state index in [1.165, 1.54) is 0 Å². The van der Waals surface area contributed by atoms with Gasteiger partial charge < -0.3 is 10.6 Å². The predicted octanol–water partition coefficient (Wildman–Crippen LogP) is 4.09. The molecule has 6 nitrogen and oxygen atoms in total. The van der Waals surface area contributed by atoms with Crippen LogP contribution in [-0.2, 0) is 4.79 Å². The molecular formula is C21H22N4O2. The van der Waals surface area contributed by atoms with Gasteiger partial charge in [-0.2, -0.15) is 5.10 Å². The Morgan fingerprint density at radius 3 is 2.26 bits per heavy atom. The maximum absolute atomic E-state index is 12.6. The van der Waals surface area contributed by atoms with Crippen LogP contribution < -0.4 is 10.6 Å². The number of rotatable bonds is 5. The summed E-state index contributed by atoms with van der Waals surface area (Å²) >= 11 is 0. The summed E-state index contributed by atoms with van der Waals surface area (Å²) in [7, 11) is 0. The van der Waals surface area contributed by atoms with Crippen molar-refractivity contribution in [3.63, 3.8) is 0 Å². The van der Waals surface area contributed by atoms with Crippen LogP contribution in [0.25, 0.3) is 5.69 Å². The number of anilines is 2. The number of hydrogen-bond acceptors (Lipinski definition) is 3. The van der Waals surface area contributed by atoms with E-state index in [0.29, 0.717) is 23.4 Å². The molecule has 0 atom stereocenters. The van der Waals surface area contributed by atoms with Crippen molar-refractivity contribution in [1.29, 1.82) is 0 Å². The number of carbonyl (C=O) groups excluding carboxylic acids is 2. The van der Waals surface area contributed by atoms with Crippen molar-refractivity contribution in [1.82, 2.24) is 9.78 Å². The highest BCUT2D eigenvalue weighted by atomic mass is 16.2. The average Bonchev–Trinajstić information content (AvgIpc) is 2.97. The number of aromatic nitrogens is 2. The van der Waals surface area contributed by atoms with Crippen molar-refractivity contribution in [2.24, 2.45) is 0 Å². The molecule has 3 aromatic rings. The maximum Gasteiger partial charge on any atom is 0.255 e. The van der Waals surface area contributed by atoms with Crippen LogP contribution in [0.1, 0.15) is 35.1 Å². The monoisotopic (exact) mass is 362 g/mol. The van der Waals surface area contributed by atoms with Gasteiger partial charge in [-0.15, -0.1) is 0 Å². The summed E-state index contributed by atoms with van der Waals surface area (Å²) < 4.78 is 1.81. The highest BCUT2D eigenvalue weighted by molar-refractivity contribution is 6.05. The molecule has 0 aliphatic carbocycles. The van der Waals surface area contributed by atoms with Crippen LogP contribution in [-0.4, -0.2) is 21.6 Å². The second kappa shape index (κ2) is 7.86. The fourth-order valence-corrected chi connectivity index (χ4v) is 2.78. The number of benzene rings is 2. The standard InChI is InChI=1S/C21H22N4O2/c1-4-19(26)22-17-12-10-16(11-13-17)21(27)23-20-14(2)24-25(15(20)3)18-8-6-5-7-9-18/h5-13H,4H2,1-3H3,(H,22,26)(H,23,27). The second-order valence-electron chi connectivity index (χ2n) is 6.23. The normalized spacial score (nSPS) is 10.5. The first-order valence-electron chi connectivity index (χ1n) is 8.82. The van der Waals surface area contributed by atoms with Crippen LogP contribution in [0.15, 0.2) is 54.6 Å². The molecule has 0 aliphatic heterocycles. The lowest BCUT2D eigenvalue weighted by atomic mass is 10.2. The molecule has 1 aromatic heterocycles. The number of aryl methyl sites for hydroxylation is 1. The zero-order chi connectivity index (χ0) is 19.4. The summed E-state index contributed by atoms with van der Waals surface area (Å²) in [5.74, 6) is -0.283. The molecule has 2 N–H and O–H groups in total. The van der Waals surface area contributed by atoms with Crippen molar-refractivity contribution >= 4 is 23.2 Å². The Morgan fingerprint density at radius 1 is 0.963 bits per heavy atom. The molecule has 6 heteroatoms. The van der Waals surface area contributed by atoms with Gasteiger partial charge in [0.05, 0.1) is 22.8 Å². The van der Waals surface area contributed by atoms with E-state index in [1.54, 1.807) is 31.2 Å². The van der Waals surface area contributed by atoms with E-state index < -0.39 is 0 Å². The van der Waals surface area contributed by atoms with E-state index in [-0.39, 0.29) is 11.8 Å². The summed E-state index contributed by atoms with van der Waals surface area (Å²) in [6.45, 7) is 5.58. The summed E-state index contributed by atoms with van der Waals surface area (Å²) in [5.41, 5.74) is 4.43. The van der Waals surface area contributed by atoms with Crippen LogP contribution in [0.2, 0.25) is 0 Å². The minimum atomic E-state index is -0.220. The molecule has 0 fully saturated rings. The number of hydrogen-bond donors (Lipinski definition) is 2. The lowest BCUT2D eigenvalue weighted by Gasteiger charge is -2.08. The molecule has 2 amide bonds. The van der Waals surface area contributed by atoms with Gasteiger partial charge in [-0.3, -0.25) is 9.59 Å². The number of nitrogens with zero attached hydrogens (tertiary/aromatic N) is 2. The maximum atomic E-state index is 12.6. The van der Waals surface area contributed by atoms with Gasteiger partial charge in [0.2, 0.25) is 5.91 Å². The van der Waals surface area contributed by atoms with Gasteiger partial charge >= 0.3 is 0 Å². The molecule has 3 rings (SSSR count). The largest absolute Gasteiger partial charge is 0.326 e. The molecular weight excluding hydrogens is 340 g/mol. The quantitative estimate of drug-likeness (QED) is 0.718. The molecule has 0 radical (unpaired) electrons. The van der Waals surface area contributed by atoms with E-state index in [2.05, 4.69) is 15.7 Å². The van der Waals surface area contributed by atoms with Crippen LogP contribution >= 0.6 is 0 Å². The summed E-state index contributed by atoms with van der Waals surface area (Å²) in [4.78, 5) is 24.1. The Labute approximate surface area is 158 Å². The Balaban J connectivity index is 1.78. The molecule has 0 saturated heterocycles. The zero-order valence-corrected chi connectivity index (χ0v) is 15.6. The van der Waals surface area contributed by atoms with E-state index in [4.69, 9.17) is 0 Å². The molecule has 2 aromatic carbocycles. The topological polar surface area (TPSA) is 76.0 Å². The van der Waals surface area contributed by atoms with Crippen molar-refractivity contribution in [2.45, 2.75) is 27.2 Å². The summed E-state index contributed by atoms with van der Waals surface area (Å²) in [6.07, 6.45) is 0.409. The van der Waals surface area contributed by atoms with Gasteiger partial charge in [-0.25, -0.2) is 4.68 Å². The van der Waals surface area contributed by atoms with Crippen molar-refractivity contribution < 1.29 is 9.59 Å². The minimum absolute atomic E-state index is 0.0632. The van der Waals surface area contributed by atoms with E-state index >= 15 is 0 Å². The van der Waals surface area contributed by atoms with Gasteiger partial charge in [-0.05, 0) is 50.2 Å². The van der Waals surface area contributed by atoms with Crippen molar-refractivity contribution in [3.05, 3.63) is 71.5 Å². The number of amides is 2. The van der Waals surface area contributed by atoms with Crippen LogP contribution in [0.3, 0.4) is 0 Å². The lowest BCUT2D eigenvalue weighted by Crippen LogP contribution is -2.14. The third-order valence-electron chi connectivity index (χ3n) is 4.28. The number of carbonyl (C=O) groups is 2. The Bertz CT molecular complexity index is 960. The lowest BCUT2D eigenvalue weighted by molar-refractivity contribution is -0.115. The molecule has 0 aliphatic rings. The van der Waals surface area contributed by atoms with Crippen LogP contribution in [0.4, 0.5) is 11.4 Å². The third kappa shape index (κ3) is 4.06. The van der Waals surface area contributed by atoms with Crippen molar-refractivity contribution in [3.8, 4) is 5.69 Å². The second-order valence-corrected chi connectivity index (χ2v) is 6.23. The number of para-hydroxylation sites is 1. The first-order valence-corrected chi connectivity index (χ1v) is 8.82. The predicted molar refractivity (Wildman–Crippen MR) is 106 cm³/mol. The van der Waals surface area contributed by atoms with Crippen molar-refractivity contribution in [2.75, 3.05) is 10.6 Å². The molecule has 27 heavy (non-hydrogen) atoms. The van der Waals surface area contributed by atoms with E-state index in [9.17, 15) is 9.59 Å². The third-order valence-corrected chi connectivity index (χ3v) is 4.28. The van der Waals surface area contributed by atoms with Gasteiger partial charge in [0, 0.05) is 17.7 Å². The Morgan fingerprint density at radius 2 is 1.63 bits per heavy atom. The average molecular weight is 362 g/mol. The molecule has 1 heterocycles. The zero-order valence-electron chi connectivity index (χ0n) is 15.6. The molecule has 0 bridgehead atoms. The van der Waals surface area contributed by atoms with Gasteiger partial charge in [0.25, 0.3) is 5.91 Å². The SMILES string of the molecule is CCC(=O)Nc1ccc(C(=O)Nc2c(C)nn(-c3ccccc3)c2C)cc1. The van der Waals surface area contributed by atoms with Crippen LogP contribution in [0, 0.1) is 13.8 Å². The first-order chi connectivity index (χ1) is 13.0.